The zero-order valence-electron chi connectivity index (χ0n) is 14.4. The molecule has 0 saturated heterocycles. The van der Waals surface area contributed by atoms with E-state index in [0.717, 1.165) is 5.69 Å². The molecule has 0 saturated carbocycles. The van der Waals surface area contributed by atoms with Crippen LogP contribution in [0.15, 0.2) is 42.5 Å². The fourth-order valence-corrected chi connectivity index (χ4v) is 2.45. The lowest BCUT2D eigenvalue weighted by Crippen LogP contribution is -2.23. The second kappa shape index (κ2) is 9.03. The van der Waals surface area contributed by atoms with Gasteiger partial charge >= 0.3 is 0 Å². The monoisotopic (exact) mass is 346 g/mol. The number of anilines is 2. The molecule has 0 aliphatic heterocycles. The Bertz CT molecular complexity index is 704. The zero-order valence-corrected chi connectivity index (χ0v) is 14.4. The fourth-order valence-electron chi connectivity index (χ4n) is 2.45. The first-order valence-electron chi connectivity index (χ1n) is 8.20. The van der Waals surface area contributed by atoms with E-state index >= 15 is 0 Å². The minimum Gasteiger partial charge on any atom is -0.494 e. The lowest BCUT2D eigenvalue weighted by molar-refractivity contribution is -0.116. The first-order valence-corrected chi connectivity index (χ1v) is 8.20. The maximum atomic E-state index is 12.9. The summed E-state index contributed by atoms with van der Waals surface area (Å²) in [7, 11) is 0. The Kier molecular flexibility index (Phi) is 6.77. The Morgan fingerprint density at radius 3 is 2.52 bits per heavy atom. The molecule has 6 heteroatoms. The Morgan fingerprint density at radius 1 is 1.20 bits per heavy atom. The van der Waals surface area contributed by atoms with Gasteiger partial charge < -0.3 is 20.5 Å². The number of aliphatic hydroxyl groups excluding tert-OH is 1. The first kappa shape index (κ1) is 18.7. The summed E-state index contributed by atoms with van der Waals surface area (Å²) in [6.07, 6.45) is 0.249. The molecule has 0 aromatic heterocycles. The number of carbonyl (C=O) groups excluding carboxylic acids is 1. The molecule has 0 spiro atoms. The van der Waals surface area contributed by atoms with Crippen molar-refractivity contribution in [2.45, 2.75) is 32.9 Å². The molecule has 25 heavy (non-hydrogen) atoms. The van der Waals surface area contributed by atoms with E-state index in [0.29, 0.717) is 23.6 Å². The smallest absolute Gasteiger partial charge is 0.226 e. The van der Waals surface area contributed by atoms with Gasteiger partial charge in [-0.05, 0) is 56.3 Å². The first-order chi connectivity index (χ1) is 12.0. The Morgan fingerprint density at radius 2 is 1.88 bits per heavy atom. The number of halogens is 1. The Hall–Kier alpha value is -2.60. The minimum absolute atomic E-state index is 0.120. The van der Waals surface area contributed by atoms with Gasteiger partial charge in [0.25, 0.3) is 0 Å². The van der Waals surface area contributed by atoms with Crippen LogP contribution < -0.4 is 15.4 Å². The van der Waals surface area contributed by atoms with Gasteiger partial charge in [-0.2, -0.15) is 0 Å². The summed E-state index contributed by atoms with van der Waals surface area (Å²) < 4.78 is 18.3. The molecule has 0 fully saturated rings. The fraction of sp³-hybridized carbons (Fsp3) is 0.316. The van der Waals surface area contributed by atoms with Gasteiger partial charge in [0.05, 0.1) is 13.2 Å². The van der Waals surface area contributed by atoms with Crippen LogP contribution in [-0.4, -0.2) is 23.7 Å². The molecule has 0 heterocycles. The van der Waals surface area contributed by atoms with Gasteiger partial charge in [0.15, 0.2) is 0 Å². The Balaban J connectivity index is 1.91. The van der Waals surface area contributed by atoms with Gasteiger partial charge in [0.2, 0.25) is 5.91 Å². The van der Waals surface area contributed by atoms with E-state index in [-0.39, 0.29) is 30.8 Å². The predicted octanol–water partition coefficient (Wildman–Crippen LogP) is 3.55. The molecule has 1 atom stereocenters. The van der Waals surface area contributed by atoms with E-state index in [1.165, 1.54) is 24.3 Å². The molecule has 3 N–H and O–H groups in total. The van der Waals surface area contributed by atoms with Gasteiger partial charge in [-0.1, -0.05) is 0 Å². The van der Waals surface area contributed by atoms with Crippen LogP contribution in [0.3, 0.4) is 0 Å². The molecule has 1 amide bonds. The van der Waals surface area contributed by atoms with E-state index in [9.17, 15) is 14.3 Å². The summed E-state index contributed by atoms with van der Waals surface area (Å²) in [6.45, 7) is 4.18. The summed E-state index contributed by atoms with van der Waals surface area (Å²) in [5, 5.41) is 15.4. The van der Waals surface area contributed by atoms with Crippen molar-refractivity contribution in [3.8, 4) is 5.75 Å². The maximum Gasteiger partial charge on any atom is 0.226 e. The molecule has 0 bridgehead atoms. The molecular formula is C19H23FN2O3. The van der Waals surface area contributed by atoms with Crippen LogP contribution in [0.1, 0.15) is 25.8 Å². The molecule has 0 aliphatic rings. The molecule has 134 valence electrons. The van der Waals surface area contributed by atoms with Gasteiger partial charge in [-0.15, -0.1) is 0 Å². The van der Waals surface area contributed by atoms with Crippen molar-refractivity contribution in [3.05, 3.63) is 53.8 Å². The summed E-state index contributed by atoms with van der Waals surface area (Å²) in [4.78, 5) is 12.1. The summed E-state index contributed by atoms with van der Waals surface area (Å²) in [5.74, 6) is 0.139. The second-order valence-corrected chi connectivity index (χ2v) is 5.72. The number of aliphatic hydroxyl groups is 1. The molecule has 2 aromatic rings. The normalized spacial score (nSPS) is 11.7. The highest BCUT2D eigenvalue weighted by Crippen LogP contribution is 2.23. The van der Waals surface area contributed by atoms with Crippen LogP contribution >= 0.6 is 0 Å². The predicted molar refractivity (Wildman–Crippen MR) is 96.3 cm³/mol. The van der Waals surface area contributed by atoms with Gasteiger partial charge in [0.1, 0.15) is 11.6 Å². The van der Waals surface area contributed by atoms with Crippen LogP contribution in [0.4, 0.5) is 15.8 Å². The lowest BCUT2D eigenvalue weighted by atomic mass is 10.1. The highest BCUT2D eigenvalue weighted by atomic mass is 19.1. The van der Waals surface area contributed by atoms with Crippen LogP contribution in [0.25, 0.3) is 0 Å². The van der Waals surface area contributed by atoms with Crippen LogP contribution in [0.5, 0.6) is 5.75 Å². The van der Waals surface area contributed by atoms with Crippen molar-refractivity contribution in [2.24, 2.45) is 0 Å². The molecule has 0 radical (unpaired) electrons. The average molecular weight is 346 g/mol. The molecular weight excluding hydrogens is 323 g/mol. The average Bonchev–Trinajstić information content (AvgIpc) is 2.58. The van der Waals surface area contributed by atoms with Crippen LogP contribution in [0.2, 0.25) is 0 Å². The SMILES string of the molecule is CCOc1ccc(NC(C)CC(=O)Nc2ccc(F)cc2)cc1CO. The van der Waals surface area contributed by atoms with Crippen LogP contribution in [-0.2, 0) is 11.4 Å². The van der Waals surface area contributed by atoms with Crippen molar-refractivity contribution in [3.63, 3.8) is 0 Å². The quantitative estimate of drug-likeness (QED) is 0.684. The molecule has 1 unspecified atom stereocenters. The highest BCUT2D eigenvalue weighted by molar-refractivity contribution is 5.91. The van der Waals surface area contributed by atoms with Gasteiger partial charge in [-0.3, -0.25) is 4.79 Å². The third kappa shape index (κ3) is 5.76. The zero-order chi connectivity index (χ0) is 18.2. The number of nitrogens with one attached hydrogen (secondary N) is 2. The number of hydrogen-bond donors (Lipinski definition) is 3. The topological polar surface area (TPSA) is 70.6 Å². The van der Waals surface area contributed by atoms with E-state index in [4.69, 9.17) is 4.74 Å². The number of amides is 1. The minimum atomic E-state index is -0.344. The molecule has 2 rings (SSSR count). The van der Waals surface area contributed by atoms with E-state index in [1.807, 2.05) is 19.9 Å². The second-order valence-electron chi connectivity index (χ2n) is 5.72. The van der Waals surface area contributed by atoms with Crippen molar-refractivity contribution in [1.29, 1.82) is 0 Å². The third-order valence-electron chi connectivity index (χ3n) is 3.56. The van der Waals surface area contributed by atoms with E-state index in [2.05, 4.69) is 10.6 Å². The number of carbonyl (C=O) groups is 1. The summed E-state index contributed by atoms with van der Waals surface area (Å²) in [5.41, 5.74) is 2.05. The van der Waals surface area contributed by atoms with Crippen LogP contribution in [0, 0.1) is 5.82 Å². The van der Waals surface area contributed by atoms with Crippen molar-refractivity contribution < 1.29 is 19.0 Å². The Labute approximate surface area is 146 Å². The maximum absolute atomic E-state index is 12.9. The standard InChI is InChI=1S/C19H23FN2O3/c1-3-25-18-9-8-17(11-14(18)12-23)21-13(2)10-19(24)22-16-6-4-15(20)5-7-16/h4-9,11,13,21,23H,3,10,12H2,1-2H3,(H,22,24). The third-order valence-corrected chi connectivity index (χ3v) is 3.56. The molecule has 0 aliphatic carbocycles. The molecule has 2 aromatic carbocycles. The summed E-state index contributed by atoms with van der Waals surface area (Å²) in [6, 6.07) is 11.0. The number of benzene rings is 2. The largest absolute Gasteiger partial charge is 0.494 e. The van der Waals surface area contributed by atoms with Gasteiger partial charge in [-0.25, -0.2) is 4.39 Å². The summed E-state index contributed by atoms with van der Waals surface area (Å²) >= 11 is 0. The van der Waals surface area contributed by atoms with E-state index < -0.39 is 0 Å². The lowest BCUT2D eigenvalue weighted by Gasteiger charge is -2.17. The van der Waals surface area contributed by atoms with Crippen molar-refractivity contribution in [1.82, 2.24) is 0 Å². The number of hydrogen-bond acceptors (Lipinski definition) is 4. The van der Waals surface area contributed by atoms with E-state index in [1.54, 1.807) is 12.1 Å². The molecule has 5 nitrogen and oxygen atoms in total. The number of rotatable bonds is 8. The highest BCUT2D eigenvalue weighted by Gasteiger charge is 2.11. The number of ether oxygens (including phenoxy) is 1. The van der Waals surface area contributed by atoms with Gasteiger partial charge in [0, 0.05) is 29.4 Å². The van der Waals surface area contributed by atoms with Crippen molar-refractivity contribution in [2.75, 3.05) is 17.2 Å². The van der Waals surface area contributed by atoms with Crippen molar-refractivity contribution >= 4 is 17.3 Å².